The van der Waals surface area contributed by atoms with Crippen molar-refractivity contribution in [3.05, 3.63) is 60.2 Å². The van der Waals surface area contributed by atoms with Crippen LogP contribution in [0.5, 0.6) is 0 Å². The van der Waals surface area contributed by atoms with Crippen LogP contribution in [0, 0.1) is 0 Å². The van der Waals surface area contributed by atoms with Gasteiger partial charge in [0.15, 0.2) is 18.0 Å². The first-order valence-corrected chi connectivity index (χ1v) is 9.32. The number of rotatable bonds is 8. The first kappa shape index (κ1) is 22.8. The highest BCUT2D eigenvalue weighted by atomic mass is 16.6. The minimum absolute atomic E-state index is 0.366. The minimum Gasteiger partial charge on any atom is -0.455 e. The average Bonchev–Trinajstić information content (AvgIpc) is 2.69. The molecule has 0 fully saturated rings. The number of ketones is 1. The van der Waals surface area contributed by atoms with Gasteiger partial charge in [0.25, 0.3) is 0 Å². The van der Waals surface area contributed by atoms with Gasteiger partial charge in [-0.1, -0.05) is 54.6 Å². The fraction of sp³-hybridized carbons (Fsp3) is 0.304. The first-order chi connectivity index (χ1) is 14.1. The average molecular weight is 412 g/mol. The third-order valence-corrected chi connectivity index (χ3v) is 4.20. The molecule has 0 aromatic heterocycles. The van der Waals surface area contributed by atoms with E-state index in [1.807, 2.05) is 30.3 Å². The van der Waals surface area contributed by atoms with Crippen LogP contribution in [-0.4, -0.2) is 42.0 Å². The van der Waals surface area contributed by atoms with Crippen molar-refractivity contribution in [2.24, 2.45) is 0 Å². The standard InChI is InChI=1S/C23H24O7/c1-15(24)29-21(23(3,4)30-16(2)25)22(27)28-14-20(26)19-12-10-18(11-13-19)17-8-6-5-7-9-17/h5-13,21H,14H2,1-4H3/t21-/m0/s1. The zero-order valence-corrected chi connectivity index (χ0v) is 17.3. The lowest BCUT2D eigenvalue weighted by atomic mass is 10.0. The van der Waals surface area contributed by atoms with Crippen molar-refractivity contribution in [1.82, 2.24) is 0 Å². The van der Waals surface area contributed by atoms with Crippen molar-refractivity contribution < 1.29 is 33.4 Å². The molecule has 0 heterocycles. The van der Waals surface area contributed by atoms with Gasteiger partial charge in [-0.3, -0.25) is 14.4 Å². The van der Waals surface area contributed by atoms with Crippen LogP contribution in [0.1, 0.15) is 38.1 Å². The zero-order chi connectivity index (χ0) is 22.3. The van der Waals surface area contributed by atoms with Gasteiger partial charge in [-0.15, -0.1) is 0 Å². The van der Waals surface area contributed by atoms with Gasteiger partial charge < -0.3 is 14.2 Å². The van der Waals surface area contributed by atoms with Gasteiger partial charge in [0.1, 0.15) is 0 Å². The van der Waals surface area contributed by atoms with Crippen LogP contribution >= 0.6 is 0 Å². The van der Waals surface area contributed by atoms with Crippen molar-refractivity contribution >= 4 is 23.7 Å². The third-order valence-electron chi connectivity index (χ3n) is 4.20. The molecule has 30 heavy (non-hydrogen) atoms. The molecule has 2 aromatic carbocycles. The van der Waals surface area contributed by atoms with E-state index in [0.717, 1.165) is 18.1 Å². The third kappa shape index (κ3) is 6.27. The van der Waals surface area contributed by atoms with E-state index in [1.54, 1.807) is 24.3 Å². The normalized spacial score (nSPS) is 11.9. The van der Waals surface area contributed by atoms with Crippen LogP contribution in [0.25, 0.3) is 11.1 Å². The lowest BCUT2D eigenvalue weighted by Gasteiger charge is -2.31. The van der Waals surface area contributed by atoms with Crippen molar-refractivity contribution in [1.29, 1.82) is 0 Å². The molecular weight excluding hydrogens is 388 g/mol. The second-order valence-electron chi connectivity index (χ2n) is 7.16. The van der Waals surface area contributed by atoms with E-state index in [4.69, 9.17) is 14.2 Å². The van der Waals surface area contributed by atoms with E-state index >= 15 is 0 Å². The van der Waals surface area contributed by atoms with Crippen molar-refractivity contribution in [2.75, 3.05) is 6.61 Å². The van der Waals surface area contributed by atoms with Crippen LogP contribution in [0.4, 0.5) is 0 Å². The number of hydrogen-bond donors (Lipinski definition) is 0. The Balaban J connectivity index is 2.04. The summed E-state index contributed by atoms with van der Waals surface area (Å²) in [6, 6.07) is 16.6. The van der Waals surface area contributed by atoms with Crippen LogP contribution in [-0.2, 0) is 28.6 Å². The van der Waals surface area contributed by atoms with E-state index in [9.17, 15) is 19.2 Å². The number of hydrogen-bond acceptors (Lipinski definition) is 7. The Morgan fingerprint density at radius 2 is 1.40 bits per heavy atom. The summed E-state index contributed by atoms with van der Waals surface area (Å²) in [7, 11) is 0. The molecule has 0 spiro atoms. The number of carbonyl (C=O) groups excluding carboxylic acids is 4. The summed E-state index contributed by atoms with van der Waals surface area (Å²) in [6.45, 7) is 4.56. The zero-order valence-electron chi connectivity index (χ0n) is 17.3. The number of esters is 3. The van der Waals surface area contributed by atoms with Crippen molar-refractivity contribution in [2.45, 2.75) is 39.4 Å². The predicted molar refractivity (Wildman–Crippen MR) is 109 cm³/mol. The molecule has 0 amide bonds. The van der Waals surface area contributed by atoms with E-state index in [-0.39, 0.29) is 0 Å². The molecule has 0 radical (unpaired) electrons. The highest BCUT2D eigenvalue weighted by Crippen LogP contribution is 2.21. The van der Waals surface area contributed by atoms with Crippen molar-refractivity contribution in [3.8, 4) is 11.1 Å². The smallest absolute Gasteiger partial charge is 0.352 e. The molecule has 0 saturated carbocycles. The number of carbonyl (C=O) groups is 4. The van der Waals surface area contributed by atoms with Crippen LogP contribution in [0.15, 0.2) is 54.6 Å². The Bertz CT molecular complexity index is 914. The molecule has 7 heteroatoms. The van der Waals surface area contributed by atoms with Gasteiger partial charge in [-0.2, -0.15) is 0 Å². The van der Waals surface area contributed by atoms with E-state index in [0.29, 0.717) is 5.56 Å². The summed E-state index contributed by atoms with van der Waals surface area (Å²) >= 11 is 0. The molecule has 2 aromatic rings. The summed E-state index contributed by atoms with van der Waals surface area (Å²) in [4.78, 5) is 47.5. The molecule has 0 aliphatic rings. The molecule has 1 atom stereocenters. The summed E-state index contributed by atoms with van der Waals surface area (Å²) in [5.74, 6) is -2.81. The van der Waals surface area contributed by atoms with Crippen LogP contribution in [0.2, 0.25) is 0 Å². The van der Waals surface area contributed by atoms with Gasteiger partial charge in [0.05, 0.1) is 0 Å². The number of ether oxygens (including phenoxy) is 3. The van der Waals surface area contributed by atoms with Crippen molar-refractivity contribution in [3.63, 3.8) is 0 Å². The largest absolute Gasteiger partial charge is 0.455 e. The molecule has 0 saturated heterocycles. The highest BCUT2D eigenvalue weighted by molar-refractivity contribution is 5.98. The van der Waals surface area contributed by atoms with Crippen LogP contribution in [0.3, 0.4) is 0 Å². The Morgan fingerprint density at radius 1 is 0.833 bits per heavy atom. The number of Topliss-reactive ketones (excluding diaryl/α,β-unsaturated/α-hetero) is 1. The summed E-state index contributed by atoms with van der Waals surface area (Å²) in [5, 5.41) is 0. The quantitative estimate of drug-likeness (QED) is 0.373. The van der Waals surface area contributed by atoms with Crippen LogP contribution < -0.4 is 0 Å². The second kappa shape index (κ2) is 9.82. The van der Waals surface area contributed by atoms with Gasteiger partial charge >= 0.3 is 17.9 Å². The predicted octanol–water partition coefficient (Wildman–Crippen LogP) is 3.35. The molecule has 7 nitrogen and oxygen atoms in total. The summed E-state index contributed by atoms with van der Waals surface area (Å²) < 4.78 is 15.1. The molecule has 0 N–H and O–H groups in total. The monoisotopic (exact) mass is 412 g/mol. The lowest BCUT2D eigenvalue weighted by molar-refractivity contribution is -0.191. The fourth-order valence-corrected chi connectivity index (χ4v) is 2.84. The Labute approximate surface area is 174 Å². The van der Waals surface area contributed by atoms with Gasteiger partial charge in [0.2, 0.25) is 6.10 Å². The Hall–Kier alpha value is -3.48. The lowest BCUT2D eigenvalue weighted by Crippen LogP contribution is -2.49. The molecule has 0 aliphatic heterocycles. The summed E-state index contributed by atoms with van der Waals surface area (Å²) in [5.41, 5.74) is 0.863. The maximum absolute atomic E-state index is 12.4. The van der Waals surface area contributed by atoms with Gasteiger partial charge in [0, 0.05) is 19.4 Å². The molecular formula is C23H24O7. The maximum Gasteiger partial charge on any atom is 0.352 e. The Morgan fingerprint density at radius 3 is 1.93 bits per heavy atom. The Kier molecular flexibility index (Phi) is 7.47. The molecule has 2 rings (SSSR count). The second-order valence-corrected chi connectivity index (χ2v) is 7.16. The van der Waals surface area contributed by atoms with E-state index < -0.39 is 42.0 Å². The van der Waals surface area contributed by atoms with E-state index in [1.165, 1.54) is 20.8 Å². The first-order valence-electron chi connectivity index (χ1n) is 9.32. The minimum atomic E-state index is -1.51. The SMILES string of the molecule is CC(=O)O[C@@H](C(=O)OCC(=O)c1ccc(-c2ccccc2)cc1)C(C)(C)OC(C)=O. The molecule has 0 bridgehead atoms. The fourth-order valence-electron chi connectivity index (χ4n) is 2.84. The number of benzene rings is 2. The highest BCUT2D eigenvalue weighted by Gasteiger charge is 2.42. The van der Waals surface area contributed by atoms with Gasteiger partial charge in [-0.05, 0) is 25.0 Å². The van der Waals surface area contributed by atoms with E-state index in [2.05, 4.69) is 0 Å². The molecule has 0 aliphatic carbocycles. The molecule has 158 valence electrons. The van der Waals surface area contributed by atoms with Gasteiger partial charge in [-0.25, -0.2) is 4.79 Å². The topological polar surface area (TPSA) is 96.0 Å². The summed E-state index contributed by atoms with van der Waals surface area (Å²) in [6.07, 6.45) is -1.51. The maximum atomic E-state index is 12.4. The molecule has 0 unspecified atom stereocenters.